The maximum absolute atomic E-state index is 4.04. The van der Waals surface area contributed by atoms with E-state index in [0.29, 0.717) is 0 Å². The van der Waals surface area contributed by atoms with Gasteiger partial charge >= 0.3 is 0 Å². The van der Waals surface area contributed by atoms with Gasteiger partial charge in [-0.05, 0) is 43.7 Å². The third kappa shape index (κ3) is 2.50. The Hall–Kier alpha value is -1.50. The molecule has 0 N–H and O–H groups in total. The Morgan fingerprint density at radius 3 is 2.33 bits per heavy atom. The topological polar surface area (TPSA) is 4.93 Å². The predicted molar refractivity (Wildman–Crippen MR) is 68.8 cm³/mol. The van der Waals surface area contributed by atoms with Crippen LogP contribution in [0.2, 0.25) is 0 Å². The molecule has 0 saturated heterocycles. The van der Waals surface area contributed by atoms with Gasteiger partial charge in [0.15, 0.2) is 0 Å². The van der Waals surface area contributed by atoms with E-state index in [1.165, 1.54) is 5.57 Å². The number of rotatable bonds is 2. The van der Waals surface area contributed by atoms with Gasteiger partial charge in [0.05, 0.1) is 0 Å². The number of aromatic nitrogens is 1. The van der Waals surface area contributed by atoms with Gasteiger partial charge in [-0.15, -0.1) is 0 Å². The van der Waals surface area contributed by atoms with Gasteiger partial charge in [-0.25, -0.2) is 0 Å². The quantitative estimate of drug-likeness (QED) is 0.691. The van der Waals surface area contributed by atoms with Crippen molar-refractivity contribution in [2.45, 2.75) is 20.8 Å². The number of hydrogen-bond acceptors (Lipinski definition) is 0. The van der Waals surface area contributed by atoms with E-state index >= 15 is 0 Å². The molecule has 0 unspecified atom stereocenters. The lowest BCUT2D eigenvalue weighted by Crippen LogP contribution is -2.26. The fraction of sp³-hybridized carbons (Fsp3) is 0.286. The number of hydrogen-bond donors (Lipinski definition) is 0. The van der Waals surface area contributed by atoms with Crippen molar-refractivity contribution in [3.05, 3.63) is 40.6 Å². The molecular weight excluding hydrogens is 182 g/mol. The first-order valence-corrected chi connectivity index (χ1v) is 5.09. The first-order chi connectivity index (χ1) is 6.93. The molecule has 1 nitrogen and oxygen atoms in total. The fourth-order valence-corrected chi connectivity index (χ4v) is 1.55. The van der Waals surface area contributed by atoms with Crippen molar-refractivity contribution in [1.29, 1.82) is 0 Å². The molecule has 0 aliphatic rings. The molecule has 1 heteroatoms. The van der Waals surface area contributed by atoms with Crippen molar-refractivity contribution in [2.24, 2.45) is 7.05 Å². The minimum Gasteiger partial charge on any atom is -0.344 e. The molecule has 0 spiro atoms. The molecule has 0 amide bonds. The van der Waals surface area contributed by atoms with Crippen LogP contribution in [0.25, 0.3) is 18.2 Å². The maximum atomic E-state index is 4.04. The predicted octanol–water partition coefficient (Wildman–Crippen LogP) is 2.22. The molecule has 0 radical (unpaired) electrons. The zero-order valence-electron chi connectivity index (χ0n) is 10.1. The molecule has 0 aromatic carbocycles. The van der Waals surface area contributed by atoms with E-state index in [9.17, 15) is 0 Å². The summed E-state index contributed by atoms with van der Waals surface area (Å²) in [6.07, 6.45) is 4.20. The number of allylic oxidation sites excluding steroid dienone is 3. The molecular formula is C14H19N. The Balaban J connectivity index is 3.45. The summed E-state index contributed by atoms with van der Waals surface area (Å²) in [6, 6.07) is 2.08. The van der Waals surface area contributed by atoms with E-state index in [1.54, 1.807) is 0 Å². The van der Waals surface area contributed by atoms with Crippen molar-refractivity contribution < 1.29 is 0 Å². The van der Waals surface area contributed by atoms with Crippen molar-refractivity contribution >= 4 is 18.2 Å². The summed E-state index contributed by atoms with van der Waals surface area (Å²) in [5.74, 6) is 0. The van der Waals surface area contributed by atoms with E-state index < -0.39 is 0 Å². The molecule has 0 bridgehead atoms. The molecule has 1 aromatic rings. The lowest BCUT2D eigenvalue weighted by Gasteiger charge is -2.01. The van der Waals surface area contributed by atoms with Crippen LogP contribution >= 0.6 is 0 Å². The Labute approximate surface area is 91.7 Å². The van der Waals surface area contributed by atoms with Crippen LogP contribution in [-0.4, -0.2) is 4.57 Å². The lowest BCUT2D eigenvalue weighted by atomic mass is 10.2. The average Bonchev–Trinajstić information content (AvgIpc) is 2.39. The summed E-state index contributed by atoms with van der Waals surface area (Å²) in [6.45, 7) is 14.2. The lowest BCUT2D eigenvalue weighted by molar-refractivity contribution is 0.872. The van der Waals surface area contributed by atoms with E-state index in [0.717, 1.165) is 21.8 Å². The van der Waals surface area contributed by atoms with E-state index in [2.05, 4.69) is 49.8 Å². The van der Waals surface area contributed by atoms with Crippen LogP contribution in [0.5, 0.6) is 0 Å². The smallest absolute Gasteiger partial charge is 0.0476 e. The normalized spacial score (nSPS) is 11.6. The van der Waals surface area contributed by atoms with Gasteiger partial charge in [0.1, 0.15) is 0 Å². The van der Waals surface area contributed by atoms with Gasteiger partial charge in [0.25, 0.3) is 0 Å². The van der Waals surface area contributed by atoms with Crippen LogP contribution in [0.15, 0.2) is 24.3 Å². The second-order valence-corrected chi connectivity index (χ2v) is 4.19. The molecule has 0 atom stereocenters. The van der Waals surface area contributed by atoms with Crippen molar-refractivity contribution in [3.63, 3.8) is 0 Å². The summed E-state index contributed by atoms with van der Waals surface area (Å²) >= 11 is 0. The minimum atomic E-state index is 1.05. The second kappa shape index (κ2) is 4.35. The molecule has 0 aliphatic carbocycles. The molecule has 1 rings (SSSR count). The Bertz CT molecular complexity index is 508. The highest BCUT2D eigenvalue weighted by molar-refractivity contribution is 5.59. The van der Waals surface area contributed by atoms with Gasteiger partial charge in [0, 0.05) is 18.1 Å². The van der Waals surface area contributed by atoms with Gasteiger partial charge in [-0.2, -0.15) is 0 Å². The van der Waals surface area contributed by atoms with Crippen LogP contribution < -0.4 is 10.6 Å². The largest absolute Gasteiger partial charge is 0.344 e. The summed E-state index contributed by atoms with van der Waals surface area (Å²) in [5.41, 5.74) is 3.50. The monoisotopic (exact) mass is 201 g/mol. The number of nitrogens with zero attached hydrogens (tertiary/aromatic N) is 1. The highest BCUT2D eigenvalue weighted by Gasteiger charge is 2.00. The third-order valence-electron chi connectivity index (χ3n) is 2.37. The highest BCUT2D eigenvalue weighted by atomic mass is 14.9. The third-order valence-corrected chi connectivity index (χ3v) is 2.37. The van der Waals surface area contributed by atoms with Crippen LogP contribution in [0.3, 0.4) is 0 Å². The molecule has 1 aromatic heterocycles. The van der Waals surface area contributed by atoms with Gasteiger partial charge in [-0.3, -0.25) is 0 Å². The SMILES string of the molecule is C=C(C)c1cc(=C)/c(=C\C=C(C)C)n1C. The standard InChI is InChI=1S/C14H19N/c1-10(2)7-8-13-12(5)9-14(11(3)4)15(13)6/h7-9H,3,5H2,1-2,4,6H3/b13-8+. The Morgan fingerprint density at radius 1 is 1.33 bits per heavy atom. The van der Waals surface area contributed by atoms with Crippen molar-refractivity contribution in [1.82, 2.24) is 4.57 Å². The Kier molecular flexibility index (Phi) is 3.35. The van der Waals surface area contributed by atoms with Gasteiger partial charge in [-0.1, -0.05) is 24.8 Å². The van der Waals surface area contributed by atoms with Crippen LogP contribution in [-0.2, 0) is 7.05 Å². The van der Waals surface area contributed by atoms with E-state index in [1.807, 2.05) is 14.0 Å². The highest BCUT2D eigenvalue weighted by Crippen LogP contribution is 2.05. The Morgan fingerprint density at radius 2 is 1.93 bits per heavy atom. The molecule has 1 heterocycles. The van der Waals surface area contributed by atoms with E-state index in [4.69, 9.17) is 0 Å². The summed E-state index contributed by atoms with van der Waals surface area (Å²) in [7, 11) is 2.04. The molecule has 0 saturated carbocycles. The van der Waals surface area contributed by atoms with Crippen molar-refractivity contribution in [3.8, 4) is 0 Å². The average molecular weight is 201 g/mol. The van der Waals surface area contributed by atoms with Crippen LogP contribution in [0, 0.1) is 0 Å². The summed E-state index contributed by atoms with van der Waals surface area (Å²) in [4.78, 5) is 0. The minimum absolute atomic E-state index is 1.05. The maximum Gasteiger partial charge on any atom is 0.0476 e. The van der Waals surface area contributed by atoms with Gasteiger partial charge in [0.2, 0.25) is 0 Å². The van der Waals surface area contributed by atoms with Crippen LogP contribution in [0.4, 0.5) is 0 Å². The first kappa shape index (κ1) is 11.6. The first-order valence-electron chi connectivity index (χ1n) is 5.09. The summed E-state index contributed by atoms with van der Waals surface area (Å²) in [5, 5.41) is 2.20. The second-order valence-electron chi connectivity index (χ2n) is 4.19. The molecule has 80 valence electrons. The molecule has 15 heavy (non-hydrogen) atoms. The van der Waals surface area contributed by atoms with Crippen molar-refractivity contribution in [2.75, 3.05) is 0 Å². The summed E-state index contributed by atoms with van der Waals surface area (Å²) < 4.78 is 2.13. The zero-order chi connectivity index (χ0) is 11.6. The molecule has 0 fully saturated rings. The fourth-order valence-electron chi connectivity index (χ4n) is 1.55. The van der Waals surface area contributed by atoms with Gasteiger partial charge < -0.3 is 4.57 Å². The molecule has 0 aliphatic heterocycles. The zero-order valence-corrected chi connectivity index (χ0v) is 10.1. The van der Waals surface area contributed by atoms with E-state index in [-0.39, 0.29) is 0 Å². The van der Waals surface area contributed by atoms with Crippen LogP contribution in [0.1, 0.15) is 26.5 Å².